The molecule has 0 saturated heterocycles. The number of H-pyrrole nitrogens is 2. The fourth-order valence-corrected chi connectivity index (χ4v) is 1.28. The lowest BCUT2D eigenvalue weighted by Crippen LogP contribution is -2.05. The van der Waals surface area contributed by atoms with E-state index in [0.29, 0.717) is 23.1 Å². The first-order chi connectivity index (χ1) is 7.33. The number of hydrogen-bond donors (Lipinski definition) is 3. The van der Waals surface area contributed by atoms with Crippen LogP contribution in [0, 0.1) is 0 Å². The number of rotatable bonds is 3. The molecule has 2 aromatic heterocycles. The minimum Gasteiger partial charge on any atom is -0.396 e. The summed E-state index contributed by atoms with van der Waals surface area (Å²) in [7, 11) is 0. The first kappa shape index (κ1) is 9.60. The molecule has 0 aliphatic carbocycles. The fourth-order valence-electron chi connectivity index (χ4n) is 1.28. The van der Waals surface area contributed by atoms with Gasteiger partial charge in [-0.05, 0) is 12.5 Å². The number of aliphatic hydroxyl groups excluding tert-OH is 1. The van der Waals surface area contributed by atoms with Crippen molar-refractivity contribution in [3.8, 4) is 0 Å². The van der Waals surface area contributed by atoms with Crippen LogP contribution in [0.25, 0.3) is 17.1 Å². The highest BCUT2D eigenvalue weighted by atomic mass is 16.2. The summed E-state index contributed by atoms with van der Waals surface area (Å²) >= 11 is 0. The van der Waals surface area contributed by atoms with E-state index in [-0.39, 0.29) is 12.2 Å². The zero-order valence-electron chi connectivity index (χ0n) is 7.90. The number of aromatic nitrogens is 4. The first-order valence-corrected chi connectivity index (χ1v) is 4.52. The zero-order chi connectivity index (χ0) is 10.7. The van der Waals surface area contributed by atoms with E-state index in [0.717, 1.165) is 0 Å². The fraction of sp³-hybridized carbons (Fsp3) is 0.222. The van der Waals surface area contributed by atoms with Gasteiger partial charge in [-0.2, -0.15) is 5.10 Å². The van der Waals surface area contributed by atoms with E-state index in [4.69, 9.17) is 5.11 Å². The molecule has 0 aliphatic rings. The standard InChI is InChI=1S/C9H10N4O2/c14-4-2-1-3-6-7-8(13-12-6)10-5-11-9(7)15/h1,3,5,14H,2,4H2,(H2,10,11,12,13,15). The molecule has 0 unspecified atom stereocenters. The zero-order valence-corrected chi connectivity index (χ0v) is 7.90. The maximum Gasteiger partial charge on any atom is 0.262 e. The smallest absolute Gasteiger partial charge is 0.262 e. The van der Waals surface area contributed by atoms with Crippen molar-refractivity contribution in [2.24, 2.45) is 0 Å². The third-order valence-corrected chi connectivity index (χ3v) is 1.97. The van der Waals surface area contributed by atoms with E-state index in [2.05, 4.69) is 20.2 Å². The van der Waals surface area contributed by atoms with Gasteiger partial charge >= 0.3 is 0 Å². The van der Waals surface area contributed by atoms with E-state index in [1.807, 2.05) is 0 Å². The van der Waals surface area contributed by atoms with Crippen molar-refractivity contribution < 1.29 is 5.11 Å². The van der Waals surface area contributed by atoms with Crippen molar-refractivity contribution in [3.63, 3.8) is 0 Å². The van der Waals surface area contributed by atoms with Gasteiger partial charge in [0.2, 0.25) is 0 Å². The van der Waals surface area contributed by atoms with Gasteiger partial charge in [-0.25, -0.2) is 4.98 Å². The first-order valence-electron chi connectivity index (χ1n) is 4.52. The molecule has 0 aliphatic heterocycles. The SMILES string of the molecule is O=c1[nH]cnc2n[nH]c(C=CCCO)c12. The molecule has 0 atom stereocenters. The highest BCUT2D eigenvalue weighted by Gasteiger charge is 2.06. The van der Waals surface area contributed by atoms with Crippen LogP contribution in [0.5, 0.6) is 0 Å². The second-order valence-electron chi connectivity index (χ2n) is 2.98. The molecule has 78 valence electrons. The summed E-state index contributed by atoms with van der Waals surface area (Å²) in [4.78, 5) is 17.8. The lowest BCUT2D eigenvalue weighted by atomic mass is 10.2. The minimum atomic E-state index is -0.225. The van der Waals surface area contributed by atoms with Gasteiger partial charge in [0.1, 0.15) is 5.39 Å². The summed E-state index contributed by atoms with van der Waals surface area (Å²) in [6.45, 7) is 0.0805. The Morgan fingerprint density at radius 2 is 2.40 bits per heavy atom. The lowest BCUT2D eigenvalue weighted by molar-refractivity contribution is 0.303. The van der Waals surface area contributed by atoms with Crippen LogP contribution in [0.3, 0.4) is 0 Å². The molecule has 0 spiro atoms. The Labute approximate surface area is 84.7 Å². The molecule has 15 heavy (non-hydrogen) atoms. The normalized spacial score (nSPS) is 11.5. The van der Waals surface area contributed by atoms with Crippen molar-refractivity contribution >= 4 is 17.1 Å². The van der Waals surface area contributed by atoms with Gasteiger partial charge < -0.3 is 10.1 Å². The van der Waals surface area contributed by atoms with Crippen LogP contribution < -0.4 is 5.56 Å². The molecule has 2 heterocycles. The van der Waals surface area contributed by atoms with Crippen LogP contribution in [0.1, 0.15) is 12.1 Å². The Hall–Kier alpha value is -1.95. The highest BCUT2D eigenvalue weighted by Crippen LogP contribution is 2.09. The average Bonchev–Trinajstić information content (AvgIpc) is 2.63. The maximum absolute atomic E-state index is 11.5. The quantitative estimate of drug-likeness (QED) is 0.660. The molecule has 3 N–H and O–H groups in total. The monoisotopic (exact) mass is 206 g/mol. The maximum atomic E-state index is 11.5. The van der Waals surface area contributed by atoms with E-state index in [9.17, 15) is 4.79 Å². The third-order valence-electron chi connectivity index (χ3n) is 1.97. The summed E-state index contributed by atoms with van der Waals surface area (Å²) in [5.41, 5.74) is 0.771. The number of hydrogen-bond acceptors (Lipinski definition) is 4. The number of aliphatic hydroxyl groups is 1. The van der Waals surface area contributed by atoms with Gasteiger partial charge in [-0.1, -0.05) is 6.08 Å². The van der Waals surface area contributed by atoms with E-state index in [1.54, 1.807) is 12.2 Å². The largest absolute Gasteiger partial charge is 0.396 e. The molecular weight excluding hydrogens is 196 g/mol. The number of fused-ring (bicyclic) bond motifs is 1. The minimum absolute atomic E-state index is 0.0805. The van der Waals surface area contributed by atoms with E-state index >= 15 is 0 Å². The van der Waals surface area contributed by atoms with E-state index in [1.165, 1.54) is 6.33 Å². The molecule has 0 amide bonds. The van der Waals surface area contributed by atoms with Crippen molar-refractivity contribution in [2.45, 2.75) is 6.42 Å². The topological polar surface area (TPSA) is 94.7 Å². The second-order valence-corrected chi connectivity index (χ2v) is 2.98. The molecular formula is C9H10N4O2. The van der Waals surface area contributed by atoms with Crippen LogP contribution in [0.2, 0.25) is 0 Å². The van der Waals surface area contributed by atoms with Gasteiger partial charge in [0.05, 0.1) is 12.0 Å². The highest BCUT2D eigenvalue weighted by molar-refractivity contribution is 5.82. The van der Waals surface area contributed by atoms with Crippen LogP contribution >= 0.6 is 0 Å². The van der Waals surface area contributed by atoms with E-state index < -0.39 is 0 Å². The summed E-state index contributed by atoms with van der Waals surface area (Å²) in [5, 5.41) is 15.6. The molecule has 6 heteroatoms. The predicted octanol–water partition coefficient (Wildman–Crippen LogP) is 0.0418. The molecule has 0 fully saturated rings. The molecule has 0 bridgehead atoms. The molecule has 2 rings (SSSR count). The Balaban J connectivity index is 2.48. The van der Waals surface area contributed by atoms with Crippen molar-refractivity contribution in [1.29, 1.82) is 0 Å². The number of nitrogens with zero attached hydrogens (tertiary/aromatic N) is 2. The van der Waals surface area contributed by atoms with Gasteiger partial charge in [0, 0.05) is 6.61 Å². The number of aromatic amines is 2. The second kappa shape index (κ2) is 4.05. The average molecular weight is 206 g/mol. The molecule has 0 aromatic carbocycles. The summed E-state index contributed by atoms with van der Waals surface area (Å²) in [5.74, 6) is 0. The molecule has 0 saturated carbocycles. The van der Waals surface area contributed by atoms with Crippen LogP contribution in [0.4, 0.5) is 0 Å². The number of nitrogens with one attached hydrogen (secondary N) is 2. The van der Waals surface area contributed by atoms with Crippen molar-refractivity contribution in [1.82, 2.24) is 20.2 Å². The Kier molecular flexibility index (Phi) is 2.59. The van der Waals surface area contributed by atoms with Crippen LogP contribution in [0.15, 0.2) is 17.2 Å². The molecule has 6 nitrogen and oxygen atoms in total. The summed E-state index contributed by atoms with van der Waals surface area (Å²) < 4.78 is 0. The summed E-state index contributed by atoms with van der Waals surface area (Å²) in [6.07, 6.45) is 5.33. The van der Waals surface area contributed by atoms with Crippen molar-refractivity contribution in [2.75, 3.05) is 6.61 Å². The van der Waals surface area contributed by atoms with Crippen molar-refractivity contribution in [3.05, 3.63) is 28.5 Å². The Bertz CT molecular complexity index is 540. The predicted molar refractivity (Wildman–Crippen MR) is 55.2 cm³/mol. The van der Waals surface area contributed by atoms with Crippen LogP contribution in [-0.4, -0.2) is 31.9 Å². The van der Waals surface area contributed by atoms with Gasteiger partial charge in [0.15, 0.2) is 5.65 Å². The van der Waals surface area contributed by atoms with Gasteiger partial charge in [-0.3, -0.25) is 9.89 Å². The van der Waals surface area contributed by atoms with Gasteiger partial charge in [0.25, 0.3) is 5.56 Å². The summed E-state index contributed by atoms with van der Waals surface area (Å²) in [6, 6.07) is 0. The molecule has 2 aromatic rings. The van der Waals surface area contributed by atoms with Crippen LogP contribution in [-0.2, 0) is 0 Å². The Morgan fingerprint density at radius 3 is 3.20 bits per heavy atom. The Morgan fingerprint density at radius 1 is 1.53 bits per heavy atom. The molecule has 0 radical (unpaired) electrons. The third kappa shape index (κ3) is 1.79. The lowest BCUT2D eigenvalue weighted by Gasteiger charge is -1.88. The van der Waals surface area contributed by atoms with Gasteiger partial charge in [-0.15, -0.1) is 0 Å².